The number of aromatic nitrogens is 1. The third-order valence-corrected chi connectivity index (χ3v) is 7.23. The number of benzene rings is 2. The van der Waals surface area contributed by atoms with E-state index in [1.807, 2.05) is 6.92 Å². The second-order valence-electron chi connectivity index (χ2n) is 8.54. The Morgan fingerprint density at radius 3 is 2.58 bits per heavy atom. The molecule has 1 N–H and O–H groups in total. The largest absolute Gasteiger partial charge is 0.507 e. The van der Waals surface area contributed by atoms with Crippen LogP contribution in [-0.2, 0) is 14.3 Å². The van der Waals surface area contributed by atoms with Gasteiger partial charge < -0.3 is 24.1 Å². The number of anilines is 1. The first-order valence-electron chi connectivity index (χ1n) is 12.3. The molecule has 10 nitrogen and oxygen atoms in total. The predicted octanol–water partition coefficient (Wildman–Crippen LogP) is 4.84. The Morgan fingerprint density at radius 2 is 1.90 bits per heavy atom. The summed E-state index contributed by atoms with van der Waals surface area (Å²) < 4.78 is 21.5. The van der Waals surface area contributed by atoms with Crippen molar-refractivity contribution < 1.29 is 38.4 Å². The number of rotatable bonds is 10. The molecule has 1 aliphatic rings. The number of carbonyl (C=O) groups is 3. The minimum absolute atomic E-state index is 0.00245. The van der Waals surface area contributed by atoms with Crippen molar-refractivity contribution >= 4 is 39.9 Å². The minimum atomic E-state index is -1.10. The first kappa shape index (κ1) is 28.4. The Hall–Kier alpha value is -4.64. The Morgan fingerprint density at radius 1 is 1.15 bits per heavy atom. The van der Waals surface area contributed by atoms with Crippen LogP contribution in [0, 0.1) is 6.92 Å². The zero-order valence-corrected chi connectivity index (χ0v) is 23.2. The van der Waals surface area contributed by atoms with E-state index in [4.69, 9.17) is 18.9 Å². The zero-order valence-electron chi connectivity index (χ0n) is 22.4. The summed E-state index contributed by atoms with van der Waals surface area (Å²) in [6.07, 6.45) is 1.44. The number of aliphatic hydroxyl groups excluding tert-OH is 1. The number of aliphatic hydroxyl groups is 1. The van der Waals surface area contributed by atoms with Gasteiger partial charge in [0.15, 0.2) is 16.6 Å². The van der Waals surface area contributed by atoms with Gasteiger partial charge in [0.2, 0.25) is 0 Å². The summed E-state index contributed by atoms with van der Waals surface area (Å²) in [7, 11) is 2.95. The Balaban J connectivity index is 1.92. The summed E-state index contributed by atoms with van der Waals surface area (Å²) in [4.78, 5) is 45.4. The average Bonchev–Trinajstić information content (AvgIpc) is 3.47. The average molecular weight is 565 g/mol. The Kier molecular flexibility index (Phi) is 8.54. The summed E-state index contributed by atoms with van der Waals surface area (Å²) in [5, 5.41) is 11.5. The van der Waals surface area contributed by atoms with Crippen LogP contribution < -0.4 is 19.1 Å². The Bertz CT molecular complexity index is 1510. The van der Waals surface area contributed by atoms with Crippen LogP contribution in [0.4, 0.5) is 5.13 Å². The van der Waals surface area contributed by atoms with Crippen LogP contribution in [0.5, 0.6) is 17.2 Å². The lowest BCUT2D eigenvalue weighted by Crippen LogP contribution is -2.29. The molecule has 40 heavy (non-hydrogen) atoms. The summed E-state index contributed by atoms with van der Waals surface area (Å²) in [5.41, 5.74) is 0.905. The summed E-state index contributed by atoms with van der Waals surface area (Å²) in [6.45, 7) is 7.37. The lowest BCUT2D eigenvalue weighted by molar-refractivity contribution is -0.132. The molecule has 0 radical (unpaired) electrons. The summed E-state index contributed by atoms with van der Waals surface area (Å²) in [5.74, 6) is -1.57. The van der Waals surface area contributed by atoms with Gasteiger partial charge >= 0.3 is 11.9 Å². The molecule has 0 spiro atoms. The van der Waals surface area contributed by atoms with E-state index in [9.17, 15) is 19.5 Å². The first-order chi connectivity index (χ1) is 19.2. The molecule has 1 unspecified atom stereocenters. The number of nitrogens with zero attached hydrogens (tertiary/aromatic N) is 2. The summed E-state index contributed by atoms with van der Waals surface area (Å²) >= 11 is 0.908. The van der Waals surface area contributed by atoms with Crippen LogP contribution in [0.25, 0.3) is 5.76 Å². The number of ether oxygens (including phenoxy) is 4. The van der Waals surface area contributed by atoms with Crippen molar-refractivity contribution in [3.8, 4) is 17.2 Å². The highest BCUT2D eigenvalue weighted by Gasteiger charge is 2.48. The number of ketones is 1. The smallest absolute Gasteiger partial charge is 0.350 e. The highest BCUT2D eigenvalue weighted by Crippen LogP contribution is 2.45. The third-order valence-electron chi connectivity index (χ3n) is 6.10. The van der Waals surface area contributed by atoms with Crippen molar-refractivity contribution in [3.63, 3.8) is 0 Å². The standard InChI is InChI=1S/C29H28N2O8S/c1-6-13-39-28(35)26-16(3)30-29(40-26)31-23(17-11-12-20(36-4)21(15-17)37-5)22(25(33)27(31)34)24(32)18-9-8-10-19(14-18)38-7-2/h6,8-12,14-15,23,32H,1,7,13H2,2-5H3. The number of aryl methyl sites for hydroxylation is 1. The van der Waals surface area contributed by atoms with Crippen molar-refractivity contribution in [2.45, 2.75) is 19.9 Å². The molecule has 2 heterocycles. The van der Waals surface area contributed by atoms with Crippen LogP contribution in [0.1, 0.15) is 39.5 Å². The van der Waals surface area contributed by atoms with E-state index in [0.29, 0.717) is 40.7 Å². The normalized spacial score (nSPS) is 16.1. The van der Waals surface area contributed by atoms with Crippen LogP contribution >= 0.6 is 11.3 Å². The fourth-order valence-electron chi connectivity index (χ4n) is 4.30. The number of methoxy groups -OCH3 is 2. The van der Waals surface area contributed by atoms with Crippen molar-refractivity contribution in [1.29, 1.82) is 0 Å². The maximum atomic E-state index is 13.5. The molecule has 4 rings (SSSR count). The maximum Gasteiger partial charge on any atom is 0.350 e. The van der Waals surface area contributed by atoms with Gasteiger partial charge in [-0.1, -0.05) is 42.2 Å². The third kappa shape index (κ3) is 5.28. The topological polar surface area (TPSA) is 124 Å². The van der Waals surface area contributed by atoms with Gasteiger partial charge in [-0.25, -0.2) is 9.78 Å². The zero-order chi connectivity index (χ0) is 29.0. The van der Waals surface area contributed by atoms with Crippen molar-refractivity contribution in [1.82, 2.24) is 4.98 Å². The lowest BCUT2D eigenvalue weighted by Gasteiger charge is -2.24. The molecule has 1 saturated heterocycles. The SMILES string of the molecule is C=CCOC(=O)c1sc(N2C(=O)C(=O)C(=C(O)c3cccc(OCC)c3)C2c2ccc(OC)c(OC)c2)nc1C. The van der Waals surface area contributed by atoms with Crippen molar-refractivity contribution in [3.05, 3.63) is 82.4 Å². The number of amides is 1. The van der Waals surface area contributed by atoms with E-state index in [1.54, 1.807) is 49.4 Å². The van der Waals surface area contributed by atoms with Gasteiger partial charge in [0.1, 0.15) is 23.0 Å². The van der Waals surface area contributed by atoms with Gasteiger partial charge in [0.25, 0.3) is 5.78 Å². The fraction of sp³-hybridized carbons (Fsp3) is 0.241. The molecule has 0 saturated carbocycles. The highest BCUT2D eigenvalue weighted by molar-refractivity contribution is 7.17. The van der Waals surface area contributed by atoms with Crippen LogP contribution in [0.2, 0.25) is 0 Å². The molecule has 1 amide bonds. The van der Waals surface area contributed by atoms with E-state index >= 15 is 0 Å². The molecule has 11 heteroatoms. The quantitative estimate of drug-likeness (QED) is 0.121. The lowest BCUT2D eigenvalue weighted by atomic mass is 9.95. The number of hydrogen-bond acceptors (Lipinski definition) is 10. The van der Waals surface area contributed by atoms with E-state index in [2.05, 4.69) is 11.6 Å². The van der Waals surface area contributed by atoms with Crippen LogP contribution in [0.3, 0.4) is 0 Å². The van der Waals surface area contributed by atoms with E-state index in [-0.39, 0.29) is 27.9 Å². The number of esters is 1. The second-order valence-corrected chi connectivity index (χ2v) is 9.52. The van der Waals surface area contributed by atoms with Gasteiger partial charge in [0.05, 0.1) is 38.1 Å². The minimum Gasteiger partial charge on any atom is -0.507 e. The molecule has 1 aromatic heterocycles. The van der Waals surface area contributed by atoms with Gasteiger partial charge in [-0.3, -0.25) is 14.5 Å². The number of hydrogen-bond donors (Lipinski definition) is 1. The van der Waals surface area contributed by atoms with E-state index < -0.39 is 23.7 Å². The first-order valence-corrected chi connectivity index (χ1v) is 13.1. The molecule has 0 bridgehead atoms. The molecule has 1 aliphatic heterocycles. The summed E-state index contributed by atoms with van der Waals surface area (Å²) in [6, 6.07) is 10.4. The van der Waals surface area contributed by atoms with Crippen molar-refractivity contribution in [2.24, 2.45) is 0 Å². The second kappa shape index (κ2) is 12.0. The van der Waals surface area contributed by atoms with Crippen molar-refractivity contribution in [2.75, 3.05) is 32.3 Å². The highest BCUT2D eigenvalue weighted by atomic mass is 32.1. The van der Waals surface area contributed by atoms with E-state index in [1.165, 1.54) is 25.2 Å². The maximum absolute atomic E-state index is 13.5. The van der Waals surface area contributed by atoms with Gasteiger partial charge in [0, 0.05) is 5.56 Å². The number of thiazole rings is 1. The van der Waals surface area contributed by atoms with Crippen LogP contribution in [-0.4, -0.2) is 55.2 Å². The van der Waals surface area contributed by atoms with Gasteiger partial charge in [-0.15, -0.1) is 0 Å². The molecule has 1 atom stereocenters. The van der Waals surface area contributed by atoms with Gasteiger partial charge in [-0.05, 0) is 43.7 Å². The number of Topliss-reactive ketones (excluding diaryl/α,β-unsaturated/α-hetero) is 1. The monoisotopic (exact) mass is 564 g/mol. The van der Waals surface area contributed by atoms with E-state index in [0.717, 1.165) is 11.3 Å². The fourth-order valence-corrected chi connectivity index (χ4v) is 5.29. The predicted molar refractivity (Wildman–Crippen MR) is 149 cm³/mol. The molecule has 0 aliphatic carbocycles. The molecule has 208 valence electrons. The molecule has 2 aromatic carbocycles. The van der Waals surface area contributed by atoms with Gasteiger partial charge in [-0.2, -0.15) is 0 Å². The molecule has 1 fully saturated rings. The van der Waals surface area contributed by atoms with Crippen LogP contribution in [0.15, 0.2) is 60.7 Å². The molecular weight excluding hydrogens is 536 g/mol. The molecule has 3 aromatic rings. The number of carbonyl (C=O) groups excluding carboxylic acids is 3. The Labute approximate surface area is 235 Å². The molecular formula is C29H28N2O8S.